The highest BCUT2D eigenvalue weighted by molar-refractivity contribution is 6.86. The molecule has 5 heteroatoms. The van der Waals surface area contributed by atoms with Gasteiger partial charge in [-0.1, -0.05) is 168 Å². The van der Waals surface area contributed by atoms with Crippen LogP contribution < -0.4 is 20.8 Å². The smallest absolute Gasteiger partial charge is 0.212 e. The van der Waals surface area contributed by atoms with E-state index in [0.29, 0.717) is 13.3 Å². The zero-order valence-electron chi connectivity index (χ0n) is 25.4. The van der Waals surface area contributed by atoms with Gasteiger partial charge in [0.05, 0.1) is 27.6 Å². The normalized spacial score (nSPS) is 12.8. The molecule has 1 saturated carbocycles. The van der Waals surface area contributed by atoms with E-state index in [9.17, 15) is 0 Å². The van der Waals surface area contributed by atoms with Crippen LogP contribution in [-0.4, -0.2) is 32.4 Å². The Labute approximate surface area is 264 Å². The predicted molar refractivity (Wildman–Crippen MR) is 188 cm³/mol. The van der Waals surface area contributed by atoms with E-state index >= 15 is 0 Å². The Bertz CT molecular complexity index is 1600. The molecule has 218 valence electrons. The molecule has 1 heterocycles. The van der Waals surface area contributed by atoms with Gasteiger partial charge in [0.1, 0.15) is 5.75 Å². The van der Waals surface area contributed by atoms with E-state index in [2.05, 4.69) is 161 Å². The summed E-state index contributed by atoms with van der Waals surface area (Å²) < 4.78 is 7.91. The Balaban J connectivity index is 0.000000181. The van der Waals surface area contributed by atoms with Gasteiger partial charge in [-0.15, -0.1) is 0 Å². The largest absolute Gasteiger partial charge is 0.494 e. The van der Waals surface area contributed by atoms with Crippen LogP contribution in [0, 0.1) is 0 Å². The van der Waals surface area contributed by atoms with Crippen molar-refractivity contribution in [2.75, 3.05) is 6.61 Å². The number of hydrogen-bond acceptors (Lipinski definition) is 2. The summed E-state index contributed by atoms with van der Waals surface area (Å²) in [5.74, 6) is 1.79. The number of hydrogen-bond donors (Lipinski definition) is 0. The van der Waals surface area contributed by atoms with Crippen LogP contribution in [0.4, 0.5) is 0 Å². The van der Waals surface area contributed by atoms with Crippen LogP contribution in [0.15, 0.2) is 164 Å². The average molecular weight is 591 g/mol. The maximum absolute atomic E-state index is 5.63. The summed E-state index contributed by atoms with van der Waals surface area (Å²) in [6.45, 7) is 3.31. The van der Waals surface area contributed by atoms with Crippen molar-refractivity contribution < 1.29 is 4.74 Å². The topological polar surface area (TPSA) is 27.1 Å². The highest BCUT2D eigenvalue weighted by Crippen LogP contribution is 2.38. The van der Waals surface area contributed by atoms with Crippen molar-refractivity contribution >= 4 is 32.3 Å². The maximum Gasteiger partial charge on any atom is 0.212 e. The summed E-state index contributed by atoms with van der Waals surface area (Å²) in [4.78, 5) is 4.38. The minimum atomic E-state index is -0.832. The van der Waals surface area contributed by atoms with E-state index in [1.807, 2.05) is 19.4 Å². The zero-order valence-corrected chi connectivity index (χ0v) is 26.8. The lowest BCUT2D eigenvalue weighted by Crippen LogP contribution is -2.46. The first-order chi connectivity index (χ1) is 21.8. The first kappa shape index (κ1) is 29.5. The molecule has 5 aromatic carbocycles. The summed E-state index contributed by atoms with van der Waals surface area (Å²) >= 11 is 0. The summed E-state index contributed by atoms with van der Waals surface area (Å²) in [6, 6.07) is 52.0. The summed E-state index contributed by atoms with van der Waals surface area (Å²) in [5.41, 5.74) is 5.52. The Morgan fingerprint density at radius 2 is 1.20 bits per heavy atom. The van der Waals surface area contributed by atoms with Gasteiger partial charge in [0.15, 0.2) is 0 Å². The number of nitrogens with zero attached hydrogens (tertiary/aromatic N) is 2. The van der Waals surface area contributed by atoms with Crippen molar-refractivity contribution in [2.24, 2.45) is 0 Å². The second-order valence-corrected chi connectivity index (χ2v) is 13.6. The first-order valence-corrected chi connectivity index (χ1v) is 17.1. The summed E-state index contributed by atoms with van der Waals surface area (Å²) in [7, 11) is -0.832. The highest BCUT2D eigenvalue weighted by Gasteiger charge is 2.37. The third-order valence-electron chi connectivity index (χ3n) is 8.55. The molecule has 0 radical (unpaired) electrons. The molecule has 0 atom stereocenters. The number of imidazole rings is 1. The molecule has 7 rings (SSSR count). The molecule has 0 saturated heterocycles. The maximum atomic E-state index is 5.63. The summed E-state index contributed by atoms with van der Waals surface area (Å²) in [6.07, 6.45) is 8.67. The Morgan fingerprint density at radius 1 is 0.705 bits per heavy atom. The molecule has 1 aliphatic carbocycles. The fraction of sp³-hybridized carbons (Fsp3) is 0.154. The van der Waals surface area contributed by atoms with Crippen molar-refractivity contribution in [3.05, 3.63) is 175 Å². The van der Waals surface area contributed by atoms with Crippen molar-refractivity contribution in [1.82, 2.24) is 9.55 Å². The Kier molecular flexibility index (Phi) is 9.54. The number of ether oxygens (including phenoxy) is 1. The van der Waals surface area contributed by atoms with Gasteiger partial charge in [0, 0.05) is 12.4 Å². The molecule has 0 spiro atoms. The van der Waals surface area contributed by atoms with Gasteiger partial charge < -0.3 is 9.30 Å². The molecule has 1 fully saturated rings. The zero-order chi connectivity index (χ0) is 30.0. The number of rotatable bonds is 10. The van der Waals surface area contributed by atoms with Gasteiger partial charge in [0.25, 0.3) is 0 Å². The van der Waals surface area contributed by atoms with Crippen LogP contribution in [0.1, 0.15) is 30.9 Å². The lowest BCUT2D eigenvalue weighted by Gasteiger charge is -2.37. The van der Waals surface area contributed by atoms with E-state index in [-0.39, 0.29) is 5.16 Å². The SMILES string of the molecule is CCOc1ccc([SiH2]C(c2ccccc2)(c2ccccc2)n2ccnc2)cc1.c1ccc(B(c2ccccc2)C2CC2)cc1. The van der Waals surface area contributed by atoms with E-state index in [4.69, 9.17) is 4.74 Å². The lowest BCUT2D eigenvalue weighted by atomic mass is 9.37. The molecule has 0 bridgehead atoms. The number of aromatic nitrogens is 2. The second-order valence-electron chi connectivity index (χ2n) is 11.5. The molecule has 44 heavy (non-hydrogen) atoms. The minimum Gasteiger partial charge on any atom is -0.494 e. The van der Waals surface area contributed by atoms with Gasteiger partial charge in [0.2, 0.25) is 6.71 Å². The highest BCUT2D eigenvalue weighted by atomic mass is 28.2. The van der Waals surface area contributed by atoms with Crippen LogP contribution in [0.2, 0.25) is 5.82 Å². The fourth-order valence-corrected chi connectivity index (χ4v) is 8.64. The van der Waals surface area contributed by atoms with Crippen molar-refractivity contribution in [2.45, 2.75) is 30.7 Å². The van der Waals surface area contributed by atoms with Crippen LogP contribution in [0.25, 0.3) is 0 Å². The van der Waals surface area contributed by atoms with Gasteiger partial charge in [-0.05, 0) is 30.2 Å². The quantitative estimate of drug-likeness (QED) is 0.184. The Hall–Kier alpha value is -4.61. The Morgan fingerprint density at radius 3 is 1.64 bits per heavy atom. The average Bonchev–Trinajstić information content (AvgIpc) is 3.77. The molecular weight excluding hydrogens is 551 g/mol. The van der Waals surface area contributed by atoms with Crippen LogP contribution in [0.5, 0.6) is 5.75 Å². The molecule has 0 amide bonds. The molecule has 0 aliphatic heterocycles. The summed E-state index contributed by atoms with van der Waals surface area (Å²) in [5, 5.41) is 1.14. The third kappa shape index (κ3) is 6.79. The second kappa shape index (κ2) is 14.2. The van der Waals surface area contributed by atoms with E-state index in [1.165, 1.54) is 40.1 Å². The lowest BCUT2D eigenvalue weighted by molar-refractivity contribution is 0.340. The first-order valence-electron chi connectivity index (χ1n) is 15.7. The van der Waals surface area contributed by atoms with E-state index in [0.717, 1.165) is 11.6 Å². The van der Waals surface area contributed by atoms with Crippen LogP contribution >= 0.6 is 0 Å². The van der Waals surface area contributed by atoms with Gasteiger partial charge in [-0.3, -0.25) is 0 Å². The number of benzene rings is 5. The molecule has 3 nitrogen and oxygen atoms in total. The monoisotopic (exact) mass is 590 g/mol. The van der Waals surface area contributed by atoms with Crippen LogP contribution in [-0.2, 0) is 5.16 Å². The standard InChI is InChI=1S/C24H24N2OSi.C15H15B/c1-2-27-22-13-15-23(16-14-22)28-24(26-18-17-25-19-26,20-9-5-3-6-10-20)21-11-7-4-8-12-21;1-3-7-13(8-4-1)16(15-11-12-15)14-9-5-2-6-10-14/h3-19H,2,28H2,1H3;1-10,15H,11-12H2. The van der Waals surface area contributed by atoms with Gasteiger partial charge in [-0.25, -0.2) is 4.98 Å². The molecule has 1 aliphatic rings. The van der Waals surface area contributed by atoms with E-state index in [1.54, 1.807) is 0 Å². The van der Waals surface area contributed by atoms with E-state index < -0.39 is 9.52 Å². The molecular formula is C39H39BN2OSi. The predicted octanol–water partition coefficient (Wildman–Crippen LogP) is 5.99. The van der Waals surface area contributed by atoms with Crippen molar-refractivity contribution in [3.8, 4) is 5.75 Å². The third-order valence-corrected chi connectivity index (χ3v) is 11.1. The molecule has 0 unspecified atom stereocenters. The van der Waals surface area contributed by atoms with Gasteiger partial charge >= 0.3 is 0 Å². The van der Waals surface area contributed by atoms with Gasteiger partial charge in [-0.2, -0.15) is 0 Å². The molecule has 0 N–H and O–H groups in total. The molecule has 6 aromatic rings. The van der Waals surface area contributed by atoms with Crippen molar-refractivity contribution in [1.29, 1.82) is 0 Å². The minimum absolute atomic E-state index is 0.244. The fourth-order valence-electron chi connectivity index (χ4n) is 6.33. The molecule has 1 aromatic heterocycles. The van der Waals surface area contributed by atoms with Crippen LogP contribution in [0.3, 0.4) is 0 Å². The van der Waals surface area contributed by atoms with Crippen molar-refractivity contribution in [3.63, 3.8) is 0 Å².